The third-order valence-corrected chi connectivity index (χ3v) is 4.08. The molecule has 2 rings (SSSR count). The van der Waals surface area contributed by atoms with E-state index < -0.39 is 0 Å². The fourth-order valence-corrected chi connectivity index (χ4v) is 2.61. The van der Waals surface area contributed by atoms with Crippen molar-refractivity contribution in [3.05, 3.63) is 59.4 Å². The van der Waals surface area contributed by atoms with Crippen molar-refractivity contribution in [2.24, 2.45) is 0 Å². The molecular weight excluding hydrogens is 256 g/mol. The Morgan fingerprint density at radius 2 is 1.67 bits per heavy atom. The van der Waals surface area contributed by atoms with Gasteiger partial charge in [0, 0.05) is 31.0 Å². The van der Waals surface area contributed by atoms with Gasteiger partial charge in [0.05, 0.1) is 0 Å². The Kier molecular flexibility index (Phi) is 5.63. The Hall–Kier alpha value is -1.54. The first-order chi connectivity index (χ1) is 10.1. The van der Waals surface area contributed by atoms with E-state index in [-0.39, 0.29) is 0 Å². The average Bonchev–Trinajstić information content (AvgIpc) is 2.92. The van der Waals surface area contributed by atoms with Crippen LogP contribution in [0.25, 0.3) is 0 Å². The van der Waals surface area contributed by atoms with Crippen molar-refractivity contribution >= 4 is 0 Å². The molecule has 2 heteroatoms. The van der Waals surface area contributed by atoms with E-state index in [1.165, 1.54) is 23.2 Å². The fraction of sp³-hybridized carbons (Fsp3) is 0.474. The van der Waals surface area contributed by atoms with Gasteiger partial charge in [-0.05, 0) is 42.5 Å². The second-order valence-corrected chi connectivity index (χ2v) is 6.12. The summed E-state index contributed by atoms with van der Waals surface area (Å²) < 4.78 is 2.33. The van der Waals surface area contributed by atoms with Gasteiger partial charge in [-0.2, -0.15) is 0 Å². The Bertz CT molecular complexity index is 537. The highest BCUT2D eigenvalue weighted by Gasteiger charge is 2.07. The minimum absolute atomic E-state index is 0.371. The van der Waals surface area contributed by atoms with E-state index in [0.29, 0.717) is 12.0 Å². The van der Waals surface area contributed by atoms with Crippen LogP contribution in [0.1, 0.15) is 62.9 Å². The molecule has 0 aliphatic rings. The maximum atomic E-state index is 3.63. The largest absolute Gasteiger partial charge is 0.350 e. The molecule has 1 N–H and O–H groups in total. The van der Waals surface area contributed by atoms with Gasteiger partial charge in [0.25, 0.3) is 0 Å². The van der Waals surface area contributed by atoms with Crippen molar-refractivity contribution in [2.45, 2.75) is 59.2 Å². The number of aromatic nitrogens is 1. The van der Waals surface area contributed by atoms with Crippen LogP contribution in [-0.4, -0.2) is 4.57 Å². The number of hydrogen-bond acceptors (Lipinski definition) is 1. The molecule has 21 heavy (non-hydrogen) atoms. The maximum Gasteiger partial charge on any atom is 0.0364 e. The van der Waals surface area contributed by atoms with Crippen molar-refractivity contribution in [3.63, 3.8) is 0 Å². The van der Waals surface area contributed by atoms with Crippen LogP contribution < -0.4 is 5.32 Å². The van der Waals surface area contributed by atoms with Gasteiger partial charge >= 0.3 is 0 Å². The van der Waals surface area contributed by atoms with Gasteiger partial charge in [-0.25, -0.2) is 0 Å². The number of hydrogen-bond donors (Lipinski definition) is 1. The number of benzene rings is 1. The molecule has 0 spiro atoms. The first-order valence-corrected chi connectivity index (χ1v) is 8.09. The van der Waals surface area contributed by atoms with Crippen LogP contribution in [0.2, 0.25) is 0 Å². The minimum atomic E-state index is 0.371. The summed E-state index contributed by atoms with van der Waals surface area (Å²) in [5.41, 5.74) is 4.12. The number of rotatable bonds is 7. The smallest absolute Gasteiger partial charge is 0.0364 e. The Balaban J connectivity index is 1.94. The second-order valence-electron chi connectivity index (χ2n) is 6.12. The monoisotopic (exact) mass is 284 g/mol. The summed E-state index contributed by atoms with van der Waals surface area (Å²) in [6, 6.07) is 13.7. The summed E-state index contributed by atoms with van der Waals surface area (Å²) in [6.45, 7) is 10.9. The van der Waals surface area contributed by atoms with Crippen molar-refractivity contribution in [2.75, 3.05) is 0 Å². The topological polar surface area (TPSA) is 17.0 Å². The highest BCUT2D eigenvalue weighted by Crippen LogP contribution is 2.19. The molecule has 1 heterocycles. The molecule has 1 atom stereocenters. The second kappa shape index (κ2) is 7.46. The standard InChI is InChI=1S/C19H28N2/c1-5-12-21-13-6-7-19(21)14-20-16(4)18-10-8-17(9-11-18)15(2)3/h6-11,13,15-16,20H,5,12,14H2,1-4H3. The molecule has 0 amide bonds. The van der Waals surface area contributed by atoms with E-state index in [0.717, 1.165) is 13.1 Å². The van der Waals surface area contributed by atoms with Crippen LogP contribution >= 0.6 is 0 Å². The molecule has 0 saturated heterocycles. The molecule has 0 aliphatic carbocycles. The Morgan fingerprint density at radius 1 is 1.00 bits per heavy atom. The van der Waals surface area contributed by atoms with Crippen LogP contribution in [0.15, 0.2) is 42.6 Å². The quantitative estimate of drug-likeness (QED) is 0.767. The van der Waals surface area contributed by atoms with E-state index in [9.17, 15) is 0 Å². The van der Waals surface area contributed by atoms with Gasteiger partial charge in [0.1, 0.15) is 0 Å². The van der Waals surface area contributed by atoms with Crippen molar-refractivity contribution in [1.82, 2.24) is 9.88 Å². The zero-order valence-corrected chi connectivity index (χ0v) is 13.8. The number of nitrogens with one attached hydrogen (secondary N) is 1. The van der Waals surface area contributed by atoms with Crippen LogP contribution in [0.5, 0.6) is 0 Å². The lowest BCUT2D eigenvalue weighted by Gasteiger charge is -2.16. The average molecular weight is 284 g/mol. The molecule has 1 aromatic carbocycles. The normalized spacial score (nSPS) is 12.8. The summed E-state index contributed by atoms with van der Waals surface area (Å²) in [4.78, 5) is 0. The first-order valence-electron chi connectivity index (χ1n) is 8.09. The molecule has 2 nitrogen and oxygen atoms in total. The summed E-state index contributed by atoms with van der Waals surface area (Å²) >= 11 is 0. The Labute approximate surface area is 129 Å². The van der Waals surface area contributed by atoms with E-state index in [4.69, 9.17) is 0 Å². The molecule has 0 bridgehead atoms. The third kappa shape index (κ3) is 4.21. The van der Waals surface area contributed by atoms with Gasteiger partial charge in [0.2, 0.25) is 0 Å². The lowest BCUT2D eigenvalue weighted by Crippen LogP contribution is -2.20. The van der Waals surface area contributed by atoms with Gasteiger partial charge in [-0.1, -0.05) is 45.0 Å². The van der Waals surface area contributed by atoms with Gasteiger partial charge < -0.3 is 9.88 Å². The third-order valence-electron chi connectivity index (χ3n) is 4.08. The first kappa shape index (κ1) is 15.8. The zero-order chi connectivity index (χ0) is 15.2. The van der Waals surface area contributed by atoms with Crippen molar-refractivity contribution in [1.29, 1.82) is 0 Å². The molecule has 1 aromatic heterocycles. The molecular formula is C19H28N2. The van der Waals surface area contributed by atoms with E-state index in [2.05, 4.69) is 80.2 Å². The summed E-state index contributed by atoms with van der Waals surface area (Å²) in [6.07, 6.45) is 3.34. The highest BCUT2D eigenvalue weighted by atomic mass is 15.0. The summed E-state index contributed by atoms with van der Waals surface area (Å²) in [7, 11) is 0. The highest BCUT2D eigenvalue weighted by molar-refractivity contribution is 5.26. The maximum absolute atomic E-state index is 3.63. The lowest BCUT2D eigenvalue weighted by molar-refractivity contribution is 0.541. The van der Waals surface area contributed by atoms with Crippen LogP contribution in [-0.2, 0) is 13.1 Å². The molecule has 114 valence electrons. The SMILES string of the molecule is CCCn1cccc1CNC(C)c1ccc(C(C)C)cc1. The molecule has 0 saturated carbocycles. The number of nitrogens with zero attached hydrogens (tertiary/aromatic N) is 1. The van der Waals surface area contributed by atoms with E-state index >= 15 is 0 Å². The molecule has 0 aliphatic heterocycles. The predicted octanol–water partition coefficient (Wildman–Crippen LogP) is 4.87. The van der Waals surface area contributed by atoms with Crippen LogP contribution in [0, 0.1) is 0 Å². The molecule has 0 fully saturated rings. The van der Waals surface area contributed by atoms with Gasteiger partial charge in [-0.3, -0.25) is 0 Å². The Morgan fingerprint density at radius 3 is 2.29 bits per heavy atom. The summed E-state index contributed by atoms with van der Waals surface area (Å²) in [5.74, 6) is 0.597. The van der Waals surface area contributed by atoms with Gasteiger partial charge in [0.15, 0.2) is 0 Å². The van der Waals surface area contributed by atoms with Crippen LogP contribution in [0.4, 0.5) is 0 Å². The molecule has 1 unspecified atom stereocenters. The zero-order valence-electron chi connectivity index (χ0n) is 13.8. The van der Waals surface area contributed by atoms with Crippen molar-refractivity contribution < 1.29 is 0 Å². The predicted molar refractivity (Wildman–Crippen MR) is 90.5 cm³/mol. The van der Waals surface area contributed by atoms with E-state index in [1.807, 2.05) is 0 Å². The van der Waals surface area contributed by atoms with E-state index in [1.54, 1.807) is 0 Å². The fourth-order valence-electron chi connectivity index (χ4n) is 2.61. The van der Waals surface area contributed by atoms with Gasteiger partial charge in [-0.15, -0.1) is 0 Å². The lowest BCUT2D eigenvalue weighted by atomic mass is 9.99. The molecule has 2 aromatic rings. The number of aryl methyl sites for hydroxylation is 1. The van der Waals surface area contributed by atoms with Crippen LogP contribution in [0.3, 0.4) is 0 Å². The minimum Gasteiger partial charge on any atom is -0.350 e. The molecule has 0 radical (unpaired) electrons. The van der Waals surface area contributed by atoms with Crippen molar-refractivity contribution in [3.8, 4) is 0 Å². The summed E-state index contributed by atoms with van der Waals surface area (Å²) in [5, 5.41) is 3.63.